The first kappa shape index (κ1) is 15.8. The lowest BCUT2D eigenvalue weighted by Crippen LogP contribution is -2.56. The van der Waals surface area contributed by atoms with Crippen LogP contribution in [0.1, 0.15) is 34.1 Å². The van der Waals surface area contributed by atoms with Crippen LogP contribution in [-0.4, -0.2) is 55.0 Å². The number of sulfonamides is 1. The summed E-state index contributed by atoms with van der Waals surface area (Å²) in [5, 5.41) is -0.366. The molecular formula is C14H26N2O3S. The second-order valence-corrected chi connectivity index (χ2v) is 9.27. The molecule has 20 heavy (non-hydrogen) atoms. The molecule has 2 rings (SSSR count). The highest BCUT2D eigenvalue weighted by atomic mass is 32.2. The molecule has 0 N–H and O–H groups in total. The highest BCUT2D eigenvalue weighted by Crippen LogP contribution is 2.31. The molecule has 2 bridgehead atoms. The van der Waals surface area contributed by atoms with Gasteiger partial charge in [0.05, 0.1) is 5.25 Å². The standard InChI is InChI=1S/C14H26N2O3S/c1-10(2)14(17)15-6-12-5-13(7-15)9-16(8-12)20(18,19)11(3)4/h10-13H,5-9H2,1-4H3. The Labute approximate surface area is 122 Å². The number of rotatable bonds is 3. The summed E-state index contributed by atoms with van der Waals surface area (Å²) in [5.41, 5.74) is 0. The van der Waals surface area contributed by atoms with Crippen molar-refractivity contribution in [3.05, 3.63) is 0 Å². The molecule has 0 saturated carbocycles. The number of piperidine rings is 2. The van der Waals surface area contributed by atoms with E-state index in [1.165, 1.54) is 0 Å². The van der Waals surface area contributed by atoms with E-state index < -0.39 is 10.0 Å². The van der Waals surface area contributed by atoms with Crippen LogP contribution >= 0.6 is 0 Å². The fraction of sp³-hybridized carbons (Fsp3) is 0.929. The molecule has 0 aromatic rings. The Bertz CT molecular complexity index is 459. The topological polar surface area (TPSA) is 57.7 Å². The van der Waals surface area contributed by atoms with Crippen LogP contribution in [0.3, 0.4) is 0 Å². The molecular weight excluding hydrogens is 276 g/mol. The number of nitrogens with zero attached hydrogens (tertiary/aromatic N) is 2. The van der Waals surface area contributed by atoms with Crippen molar-refractivity contribution in [1.29, 1.82) is 0 Å². The van der Waals surface area contributed by atoms with Crippen LogP contribution in [0.4, 0.5) is 0 Å². The van der Waals surface area contributed by atoms with Gasteiger partial charge in [-0.3, -0.25) is 4.79 Å². The van der Waals surface area contributed by atoms with Gasteiger partial charge < -0.3 is 4.90 Å². The minimum Gasteiger partial charge on any atom is -0.342 e. The number of carbonyl (C=O) groups excluding carboxylic acids is 1. The van der Waals surface area contributed by atoms with Gasteiger partial charge >= 0.3 is 0 Å². The van der Waals surface area contributed by atoms with Gasteiger partial charge in [-0.15, -0.1) is 0 Å². The molecule has 2 heterocycles. The van der Waals surface area contributed by atoms with E-state index in [1.54, 1.807) is 18.2 Å². The molecule has 2 atom stereocenters. The zero-order valence-corrected chi connectivity index (χ0v) is 13.7. The molecule has 6 heteroatoms. The van der Waals surface area contributed by atoms with Crippen LogP contribution in [0, 0.1) is 17.8 Å². The average molecular weight is 302 g/mol. The van der Waals surface area contributed by atoms with E-state index in [4.69, 9.17) is 0 Å². The van der Waals surface area contributed by atoms with Gasteiger partial charge in [0, 0.05) is 32.1 Å². The maximum atomic E-state index is 12.3. The predicted octanol–water partition coefficient (Wildman–Crippen LogP) is 1.16. The van der Waals surface area contributed by atoms with Gasteiger partial charge in [0.25, 0.3) is 0 Å². The van der Waals surface area contributed by atoms with Crippen molar-refractivity contribution in [2.75, 3.05) is 26.2 Å². The fourth-order valence-corrected chi connectivity index (χ4v) is 4.72. The number of hydrogen-bond donors (Lipinski definition) is 0. The molecule has 5 nitrogen and oxygen atoms in total. The molecule has 2 unspecified atom stereocenters. The summed E-state index contributed by atoms with van der Waals surface area (Å²) in [4.78, 5) is 14.0. The molecule has 2 aliphatic rings. The SMILES string of the molecule is CC(C)C(=O)N1CC2CC(C1)CN(S(=O)(=O)C(C)C)C2. The van der Waals surface area contributed by atoms with Crippen molar-refractivity contribution in [1.82, 2.24) is 9.21 Å². The summed E-state index contributed by atoms with van der Waals surface area (Å²) >= 11 is 0. The maximum absolute atomic E-state index is 12.3. The van der Waals surface area contributed by atoms with Crippen molar-refractivity contribution in [3.63, 3.8) is 0 Å². The molecule has 0 aromatic heterocycles. The number of amides is 1. The van der Waals surface area contributed by atoms with Crippen LogP contribution in [0.5, 0.6) is 0 Å². The third kappa shape index (κ3) is 3.01. The fourth-order valence-electron chi connectivity index (χ4n) is 3.28. The molecule has 116 valence electrons. The second-order valence-electron chi connectivity index (χ2n) is 6.78. The first-order valence-corrected chi connectivity index (χ1v) is 9.00. The van der Waals surface area contributed by atoms with E-state index in [-0.39, 0.29) is 17.1 Å². The molecule has 0 spiro atoms. The summed E-state index contributed by atoms with van der Waals surface area (Å²) in [5.74, 6) is 0.793. The van der Waals surface area contributed by atoms with E-state index in [9.17, 15) is 13.2 Å². The van der Waals surface area contributed by atoms with Crippen LogP contribution in [0.25, 0.3) is 0 Å². The Morgan fingerprint density at radius 3 is 1.90 bits per heavy atom. The Morgan fingerprint density at radius 1 is 1.00 bits per heavy atom. The van der Waals surface area contributed by atoms with E-state index in [0.717, 1.165) is 6.42 Å². The molecule has 0 aromatic carbocycles. The van der Waals surface area contributed by atoms with E-state index in [0.29, 0.717) is 38.0 Å². The summed E-state index contributed by atoms with van der Waals surface area (Å²) in [6, 6.07) is 0. The monoisotopic (exact) mass is 302 g/mol. The zero-order chi connectivity index (χ0) is 15.1. The summed E-state index contributed by atoms with van der Waals surface area (Å²) in [6.45, 7) is 9.85. The molecule has 1 amide bonds. The second kappa shape index (κ2) is 5.64. The van der Waals surface area contributed by atoms with Crippen LogP contribution in [0.2, 0.25) is 0 Å². The largest absolute Gasteiger partial charge is 0.342 e. The Hall–Kier alpha value is -0.620. The normalized spacial score (nSPS) is 28.2. The lowest BCUT2D eigenvalue weighted by atomic mass is 9.85. The Balaban J connectivity index is 2.07. The Kier molecular flexibility index (Phi) is 4.44. The van der Waals surface area contributed by atoms with Crippen molar-refractivity contribution in [2.24, 2.45) is 17.8 Å². The highest BCUT2D eigenvalue weighted by Gasteiger charge is 2.40. The summed E-state index contributed by atoms with van der Waals surface area (Å²) in [6.07, 6.45) is 1.05. The van der Waals surface area contributed by atoms with E-state index in [1.807, 2.05) is 18.7 Å². The van der Waals surface area contributed by atoms with Crippen molar-refractivity contribution >= 4 is 15.9 Å². The third-order valence-corrected chi connectivity index (χ3v) is 6.52. The van der Waals surface area contributed by atoms with Crippen molar-refractivity contribution < 1.29 is 13.2 Å². The maximum Gasteiger partial charge on any atom is 0.225 e. The van der Waals surface area contributed by atoms with Crippen LogP contribution < -0.4 is 0 Å². The van der Waals surface area contributed by atoms with Crippen molar-refractivity contribution in [2.45, 2.75) is 39.4 Å². The number of hydrogen-bond acceptors (Lipinski definition) is 3. The highest BCUT2D eigenvalue weighted by molar-refractivity contribution is 7.89. The van der Waals surface area contributed by atoms with Gasteiger partial charge in [0.1, 0.15) is 0 Å². The zero-order valence-electron chi connectivity index (χ0n) is 12.9. The third-order valence-electron chi connectivity index (χ3n) is 4.31. The van der Waals surface area contributed by atoms with Gasteiger partial charge in [-0.1, -0.05) is 13.8 Å². The lowest BCUT2D eigenvalue weighted by molar-refractivity contribution is -0.138. The van der Waals surface area contributed by atoms with Crippen molar-refractivity contribution in [3.8, 4) is 0 Å². The van der Waals surface area contributed by atoms with E-state index in [2.05, 4.69) is 0 Å². The molecule has 2 saturated heterocycles. The minimum absolute atomic E-state index is 0.0179. The lowest BCUT2D eigenvalue weighted by Gasteiger charge is -2.46. The molecule has 0 aliphatic carbocycles. The summed E-state index contributed by atoms with van der Waals surface area (Å²) < 4.78 is 26.2. The van der Waals surface area contributed by atoms with Gasteiger partial charge in [0.15, 0.2) is 0 Å². The molecule has 2 aliphatic heterocycles. The number of carbonyl (C=O) groups is 1. The summed E-state index contributed by atoms with van der Waals surface area (Å²) in [7, 11) is -3.17. The number of likely N-dealkylation sites (tertiary alicyclic amines) is 1. The first-order chi connectivity index (χ1) is 9.21. The van der Waals surface area contributed by atoms with Gasteiger partial charge in [-0.05, 0) is 32.1 Å². The predicted molar refractivity (Wildman–Crippen MR) is 78.6 cm³/mol. The van der Waals surface area contributed by atoms with Crippen LogP contribution in [-0.2, 0) is 14.8 Å². The molecule has 0 radical (unpaired) electrons. The average Bonchev–Trinajstić information content (AvgIpc) is 2.36. The number of fused-ring (bicyclic) bond motifs is 2. The van der Waals surface area contributed by atoms with E-state index >= 15 is 0 Å². The van der Waals surface area contributed by atoms with Gasteiger partial charge in [-0.25, -0.2) is 12.7 Å². The smallest absolute Gasteiger partial charge is 0.225 e. The molecule has 2 fully saturated rings. The minimum atomic E-state index is -3.17. The quantitative estimate of drug-likeness (QED) is 0.786. The van der Waals surface area contributed by atoms with Gasteiger partial charge in [0.2, 0.25) is 15.9 Å². The Morgan fingerprint density at radius 2 is 1.50 bits per heavy atom. The van der Waals surface area contributed by atoms with Crippen LogP contribution in [0.15, 0.2) is 0 Å². The first-order valence-electron chi connectivity index (χ1n) is 7.49. The van der Waals surface area contributed by atoms with Gasteiger partial charge in [-0.2, -0.15) is 0 Å².